The summed E-state index contributed by atoms with van der Waals surface area (Å²) in [5, 5.41) is 5.52. The number of carbonyl (C=O) groups is 1. The highest BCUT2D eigenvalue weighted by molar-refractivity contribution is 6.14. The second-order valence-electron chi connectivity index (χ2n) is 4.09. The molecule has 0 fully saturated rings. The fraction of sp³-hybridized carbons (Fsp3) is 0.455. The van der Waals surface area contributed by atoms with Crippen molar-refractivity contribution in [3.63, 3.8) is 0 Å². The Hall–Kier alpha value is -1.82. The molecule has 6 heteroatoms. The van der Waals surface area contributed by atoms with Crippen molar-refractivity contribution >= 4 is 17.4 Å². The molecule has 2 heterocycles. The lowest BCUT2D eigenvalue weighted by Gasteiger charge is -2.13. The molecular formula is C11H15N5O. The van der Waals surface area contributed by atoms with Gasteiger partial charge in [-0.15, -0.1) is 0 Å². The predicted molar refractivity (Wildman–Crippen MR) is 64.6 cm³/mol. The third-order valence-electron chi connectivity index (χ3n) is 2.67. The third-order valence-corrected chi connectivity index (χ3v) is 2.67. The number of hydrogen-bond donors (Lipinski definition) is 1. The van der Waals surface area contributed by atoms with Crippen LogP contribution in [-0.4, -0.2) is 28.1 Å². The lowest BCUT2D eigenvalue weighted by atomic mass is 10.1. The minimum Gasteiger partial charge on any atom is -0.329 e. The van der Waals surface area contributed by atoms with Gasteiger partial charge in [-0.05, 0) is 20.8 Å². The first-order chi connectivity index (χ1) is 8.02. The average molecular weight is 233 g/mol. The molecule has 1 aromatic heterocycles. The monoisotopic (exact) mass is 233 g/mol. The van der Waals surface area contributed by atoms with Gasteiger partial charge in [0.2, 0.25) is 0 Å². The van der Waals surface area contributed by atoms with E-state index in [0.717, 1.165) is 11.4 Å². The zero-order chi connectivity index (χ0) is 12.6. The molecule has 90 valence electrons. The number of rotatable bonds is 2. The van der Waals surface area contributed by atoms with Crippen LogP contribution in [0.2, 0.25) is 0 Å². The summed E-state index contributed by atoms with van der Waals surface area (Å²) in [7, 11) is 0. The van der Waals surface area contributed by atoms with Gasteiger partial charge < -0.3 is 5.73 Å². The molecule has 1 aromatic rings. The number of hydrazone groups is 1. The highest BCUT2D eigenvalue weighted by Gasteiger charge is 2.34. The Labute approximate surface area is 99.5 Å². The highest BCUT2D eigenvalue weighted by atomic mass is 16.2. The van der Waals surface area contributed by atoms with E-state index in [2.05, 4.69) is 15.1 Å². The molecular weight excluding hydrogens is 218 g/mol. The van der Waals surface area contributed by atoms with Gasteiger partial charge in [-0.1, -0.05) is 0 Å². The van der Waals surface area contributed by atoms with Crippen molar-refractivity contribution in [2.45, 2.75) is 20.8 Å². The molecule has 2 N–H and O–H groups in total. The summed E-state index contributed by atoms with van der Waals surface area (Å²) < 4.78 is 0. The third kappa shape index (κ3) is 2.03. The largest absolute Gasteiger partial charge is 0.329 e. The van der Waals surface area contributed by atoms with E-state index in [1.807, 2.05) is 6.92 Å². The summed E-state index contributed by atoms with van der Waals surface area (Å²) in [4.78, 5) is 20.4. The van der Waals surface area contributed by atoms with E-state index in [-0.39, 0.29) is 18.4 Å². The molecule has 1 aliphatic heterocycles. The Morgan fingerprint density at radius 3 is 2.59 bits per heavy atom. The van der Waals surface area contributed by atoms with Gasteiger partial charge in [0.25, 0.3) is 5.91 Å². The maximum atomic E-state index is 12.0. The van der Waals surface area contributed by atoms with Crippen LogP contribution in [0.5, 0.6) is 0 Å². The van der Waals surface area contributed by atoms with Crippen molar-refractivity contribution in [3.8, 4) is 0 Å². The summed E-state index contributed by atoms with van der Waals surface area (Å²) in [6, 6.07) is 1.74. The summed E-state index contributed by atoms with van der Waals surface area (Å²) in [5.74, 6) is 0.681. The lowest BCUT2D eigenvalue weighted by Crippen LogP contribution is -2.32. The number of carbonyl (C=O) groups excluding carboxylic acids is 1. The topological polar surface area (TPSA) is 84.5 Å². The van der Waals surface area contributed by atoms with E-state index >= 15 is 0 Å². The van der Waals surface area contributed by atoms with Gasteiger partial charge in [0.1, 0.15) is 5.82 Å². The summed E-state index contributed by atoms with van der Waals surface area (Å²) in [6.45, 7) is 5.72. The Bertz CT molecular complexity index is 476. The van der Waals surface area contributed by atoms with Gasteiger partial charge >= 0.3 is 0 Å². The molecule has 1 atom stereocenters. The Kier molecular flexibility index (Phi) is 2.89. The van der Waals surface area contributed by atoms with Crippen molar-refractivity contribution in [1.82, 2.24) is 9.97 Å². The molecule has 0 saturated heterocycles. The number of aromatic nitrogens is 2. The van der Waals surface area contributed by atoms with Crippen LogP contribution in [0.15, 0.2) is 11.2 Å². The number of nitrogens with two attached hydrogens (primary N) is 1. The molecule has 0 aliphatic carbocycles. The first-order valence-corrected chi connectivity index (χ1v) is 5.44. The first kappa shape index (κ1) is 11.7. The van der Waals surface area contributed by atoms with Gasteiger partial charge in [-0.25, -0.2) is 9.97 Å². The summed E-state index contributed by atoms with van der Waals surface area (Å²) in [6.07, 6.45) is 0. The van der Waals surface area contributed by atoms with Gasteiger partial charge in [-0.2, -0.15) is 10.1 Å². The van der Waals surface area contributed by atoms with Crippen LogP contribution in [0.4, 0.5) is 5.82 Å². The van der Waals surface area contributed by atoms with Crippen molar-refractivity contribution in [3.05, 3.63) is 17.6 Å². The van der Waals surface area contributed by atoms with E-state index in [1.165, 1.54) is 5.01 Å². The van der Waals surface area contributed by atoms with Crippen LogP contribution in [0.3, 0.4) is 0 Å². The van der Waals surface area contributed by atoms with Crippen LogP contribution < -0.4 is 10.7 Å². The lowest BCUT2D eigenvalue weighted by molar-refractivity contribution is -0.119. The number of nitrogens with zero attached hydrogens (tertiary/aromatic N) is 4. The van der Waals surface area contributed by atoms with Crippen molar-refractivity contribution < 1.29 is 4.79 Å². The molecule has 6 nitrogen and oxygen atoms in total. The summed E-state index contributed by atoms with van der Waals surface area (Å²) in [5.41, 5.74) is 7.09. The Balaban J connectivity index is 2.39. The fourth-order valence-electron chi connectivity index (χ4n) is 1.84. The smallest absolute Gasteiger partial charge is 0.258 e. The van der Waals surface area contributed by atoms with Gasteiger partial charge in [-0.3, -0.25) is 4.79 Å². The van der Waals surface area contributed by atoms with Gasteiger partial charge in [0, 0.05) is 24.0 Å². The molecule has 0 bridgehead atoms. The molecule has 1 aliphatic rings. The fourth-order valence-corrected chi connectivity index (χ4v) is 1.84. The van der Waals surface area contributed by atoms with Crippen molar-refractivity contribution in [2.75, 3.05) is 11.6 Å². The van der Waals surface area contributed by atoms with Crippen LogP contribution in [0.1, 0.15) is 18.4 Å². The molecule has 2 rings (SSSR count). The van der Waals surface area contributed by atoms with E-state index in [4.69, 9.17) is 5.73 Å². The van der Waals surface area contributed by atoms with E-state index < -0.39 is 0 Å². The van der Waals surface area contributed by atoms with Crippen molar-refractivity contribution in [1.29, 1.82) is 0 Å². The molecule has 17 heavy (non-hydrogen) atoms. The molecule has 1 unspecified atom stereocenters. The van der Waals surface area contributed by atoms with Crippen LogP contribution in [-0.2, 0) is 4.79 Å². The second kappa shape index (κ2) is 4.21. The molecule has 0 aromatic carbocycles. The average Bonchev–Trinajstić information content (AvgIpc) is 2.52. The number of anilines is 1. The minimum absolute atomic E-state index is 0.123. The number of amides is 1. The van der Waals surface area contributed by atoms with E-state index in [9.17, 15) is 4.79 Å². The maximum absolute atomic E-state index is 12.0. The Morgan fingerprint density at radius 2 is 2.06 bits per heavy atom. The molecule has 0 radical (unpaired) electrons. The Morgan fingerprint density at radius 1 is 1.35 bits per heavy atom. The number of aryl methyl sites for hydroxylation is 2. The maximum Gasteiger partial charge on any atom is 0.258 e. The molecule has 0 spiro atoms. The zero-order valence-corrected chi connectivity index (χ0v) is 10.1. The van der Waals surface area contributed by atoms with E-state index in [0.29, 0.717) is 11.6 Å². The quantitative estimate of drug-likeness (QED) is 0.800. The SMILES string of the molecule is CC1=NN(c2cc(C)nc(C)n2)C(=O)C1CN. The first-order valence-electron chi connectivity index (χ1n) is 5.44. The van der Waals surface area contributed by atoms with Gasteiger partial charge in [0.15, 0.2) is 5.82 Å². The molecule has 1 amide bonds. The minimum atomic E-state index is -0.328. The second-order valence-corrected chi connectivity index (χ2v) is 4.09. The van der Waals surface area contributed by atoms with Crippen LogP contribution in [0, 0.1) is 19.8 Å². The number of hydrogen-bond acceptors (Lipinski definition) is 5. The summed E-state index contributed by atoms with van der Waals surface area (Å²) >= 11 is 0. The van der Waals surface area contributed by atoms with E-state index in [1.54, 1.807) is 19.9 Å². The van der Waals surface area contributed by atoms with Crippen LogP contribution >= 0.6 is 0 Å². The highest BCUT2D eigenvalue weighted by Crippen LogP contribution is 2.22. The zero-order valence-electron chi connectivity index (χ0n) is 10.1. The molecule has 0 saturated carbocycles. The standard InChI is InChI=1S/C11H15N5O/c1-6-4-10(14-8(3)13-6)16-11(17)9(5-12)7(2)15-16/h4,9H,5,12H2,1-3H3. The normalized spacial score (nSPS) is 19.8. The predicted octanol–water partition coefficient (Wildman–Crippen LogP) is 0.391. The van der Waals surface area contributed by atoms with Gasteiger partial charge in [0.05, 0.1) is 5.92 Å². The van der Waals surface area contributed by atoms with Crippen molar-refractivity contribution in [2.24, 2.45) is 16.8 Å². The van der Waals surface area contributed by atoms with Crippen LogP contribution in [0.25, 0.3) is 0 Å².